The predicted octanol–water partition coefficient (Wildman–Crippen LogP) is 6.62. The molecule has 0 unspecified atom stereocenters. The molecule has 234 valence electrons. The Morgan fingerprint density at radius 3 is 2.44 bits per heavy atom. The van der Waals surface area contributed by atoms with Crippen molar-refractivity contribution in [2.24, 2.45) is 11.8 Å². The van der Waals surface area contributed by atoms with Gasteiger partial charge in [-0.05, 0) is 48.9 Å². The molecule has 4 rings (SSSR count). The Morgan fingerprint density at radius 1 is 1.12 bits per heavy atom. The summed E-state index contributed by atoms with van der Waals surface area (Å²) >= 11 is 13.0. The summed E-state index contributed by atoms with van der Waals surface area (Å²) in [7, 11) is 0. The van der Waals surface area contributed by atoms with Gasteiger partial charge in [-0.2, -0.15) is 18.2 Å². The van der Waals surface area contributed by atoms with Crippen molar-refractivity contribution < 1.29 is 36.3 Å². The Hall–Kier alpha value is -3.19. The Bertz CT molecular complexity index is 1470. The van der Waals surface area contributed by atoms with Gasteiger partial charge >= 0.3 is 6.18 Å². The van der Waals surface area contributed by atoms with E-state index in [4.69, 9.17) is 27.9 Å². The lowest BCUT2D eigenvalue weighted by Gasteiger charge is -2.30. The van der Waals surface area contributed by atoms with Crippen LogP contribution < -0.4 is 15.4 Å². The summed E-state index contributed by atoms with van der Waals surface area (Å²) in [6, 6.07) is 4.16. The molecule has 0 saturated heterocycles. The van der Waals surface area contributed by atoms with Crippen molar-refractivity contribution in [3.63, 3.8) is 0 Å². The number of carbonyl (C=O) groups is 2. The number of aromatic nitrogens is 3. The molecule has 3 N–H and O–H groups in total. The number of ether oxygens (including phenoxy) is 1. The molecule has 2 amide bonds. The number of alkyl halides is 5. The highest BCUT2D eigenvalue weighted by Crippen LogP contribution is 2.38. The second-order valence-corrected chi connectivity index (χ2v) is 11.5. The number of halogens is 7. The first-order chi connectivity index (χ1) is 20.2. The fourth-order valence-corrected chi connectivity index (χ4v) is 5.37. The highest BCUT2D eigenvalue weighted by Gasteiger charge is 2.41. The van der Waals surface area contributed by atoms with Crippen LogP contribution >= 0.6 is 23.2 Å². The van der Waals surface area contributed by atoms with E-state index in [-0.39, 0.29) is 73.1 Å². The standard InChI is InChI=1S/C28H30Cl2F5N5O3/c1-13(2)25(41)36-11-14-3-8-19(29)17(23(14)30)10-22-38-20-9-18(27(40-24(20)39-22)43-12-21(31)32)26(42)37-16-6-4-15(5-7-16)28(33,34)35/h3,8-9,13,15-16,21H,4-7,10-12H2,1-2H3,(H,36,41)(H,37,42)(H,38,39,40). The smallest absolute Gasteiger partial charge is 0.391 e. The maximum Gasteiger partial charge on any atom is 0.391 e. The number of fused-ring (bicyclic) bond motifs is 1. The van der Waals surface area contributed by atoms with E-state index in [9.17, 15) is 31.5 Å². The van der Waals surface area contributed by atoms with Gasteiger partial charge in [-0.15, -0.1) is 0 Å². The van der Waals surface area contributed by atoms with Crippen LogP contribution in [-0.2, 0) is 17.8 Å². The molecule has 8 nitrogen and oxygen atoms in total. The zero-order valence-corrected chi connectivity index (χ0v) is 24.8. The first-order valence-corrected chi connectivity index (χ1v) is 14.4. The number of benzene rings is 1. The zero-order valence-electron chi connectivity index (χ0n) is 23.3. The van der Waals surface area contributed by atoms with Crippen molar-refractivity contribution >= 4 is 46.2 Å². The molecule has 1 aliphatic rings. The molecule has 43 heavy (non-hydrogen) atoms. The van der Waals surface area contributed by atoms with Gasteiger partial charge in [0.1, 0.15) is 11.4 Å². The summed E-state index contributed by atoms with van der Waals surface area (Å²) in [6.45, 7) is 2.68. The van der Waals surface area contributed by atoms with Crippen LogP contribution in [0.4, 0.5) is 22.0 Å². The molecular formula is C28H30Cl2F5N5O3. The molecule has 0 spiro atoms. The number of carbonyl (C=O) groups excluding carboxylic acids is 2. The number of imidazole rings is 1. The van der Waals surface area contributed by atoms with E-state index in [1.807, 2.05) is 0 Å². The van der Waals surface area contributed by atoms with Crippen molar-refractivity contribution in [2.45, 2.75) is 71.1 Å². The summed E-state index contributed by atoms with van der Waals surface area (Å²) in [4.78, 5) is 36.7. The van der Waals surface area contributed by atoms with E-state index in [1.165, 1.54) is 6.07 Å². The van der Waals surface area contributed by atoms with E-state index in [2.05, 4.69) is 25.6 Å². The summed E-state index contributed by atoms with van der Waals surface area (Å²) in [5, 5.41) is 6.15. The monoisotopic (exact) mass is 649 g/mol. The van der Waals surface area contributed by atoms with E-state index >= 15 is 0 Å². The maximum absolute atomic E-state index is 13.1. The van der Waals surface area contributed by atoms with Gasteiger partial charge in [-0.1, -0.05) is 43.1 Å². The van der Waals surface area contributed by atoms with Crippen molar-refractivity contribution in [1.82, 2.24) is 25.6 Å². The van der Waals surface area contributed by atoms with Crippen LogP contribution in [0.25, 0.3) is 11.2 Å². The minimum absolute atomic E-state index is 0.0779. The molecule has 0 aliphatic heterocycles. The minimum Gasteiger partial charge on any atom is -0.471 e. The van der Waals surface area contributed by atoms with Crippen LogP contribution in [0.1, 0.15) is 66.8 Å². The van der Waals surface area contributed by atoms with Gasteiger partial charge < -0.3 is 20.4 Å². The van der Waals surface area contributed by atoms with E-state index < -0.39 is 37.1 Å². The molecule has 1 fully saturated rings. The molecule has 1 saturated carbocycles. The normalized spacial score (nSPS) is 17.5. The van der Waals surface area contributed by atoms with Gasteiger partial charge in [0.2, 0.25) is 11.8 Å². The van der Waals surface area contributed by atoms with E-state index in [1.54, 1.807) is 26.0 Å². The van der Waals surface area contributed by atoms with Gasteiger partial charge in [0.15, 0.2) is 12.3 Å². The lowest BCUT2D eigenvalue weighted by molar-refractivity contribution is -0.182. The average Bonchev–Trinajstić information content (AvgIpc) is 3.34. The molecule has 1 aliphatic carbocycles. The van der Waals surface area contributed by atoms with Gasteiger partial charge in [0.25, 0.3) is 12.3 Å². The highest BCUT2D eigenvalue weighted by molar-refractivity contribution is 6.36. The largest absolute Gasteiger partial charge is 0.471 e. The molecule has 0 atom stereocenters. The van der Waals surface area contributed by atoms with Crippen LogP contribution in [0.5, 0.6) is 5.88 Å². The lowest BCUT2D eigenvalue weighted by atomic mass is 9.85. The van der Waals surface area contributed by atoms with Gasteiger partial charge in [-0.25, -0.2) is 13.8 Å². The highest BCUT2D eigenvalue weighted by atomic mass is 35.5. The third kappa shape index (κ3) is 8.26. The quantitative estimate of drug-likeness (QED) is 0.214. The van der Waals surface area contributed by atoms with Crippen molar-refractivity contribution in [2.75, 3.05) is 6.61 Å². The van der Waals surface area contributed by atoms with Crippen molar-refractivity contribution in [3.05, 3.63) is 50.8 Å². The number of amides is 2. The first-order valence-electron chi connectivity index (χ1n) is 13.6. The molecular weight excluding hydrogens is 620 g/mol. The Balaban J connectivity index is 1.57. The van der Waals surface area contributed by atoms with Gasteiger partial charge in [0, 0.05) is 29.9 Å². The number of rotatable bonds is 10. The molecule has 1 aromatic carbocycles. The number of H-pyrrole nitrogens is 1. The van der Waals surface area contributed by atoms with Crippen LogP contribution in [0.15, 0.2) is 18.2 Å². The van der Waals surface area contributed by atoms with E-state index in [0.29, 0.717) is 27.0 Å². The lowest BCUT2D eigenvalue weighted by Crippen LogP contribution is -2.40. The molecule has 2 heterocycles. The minimum atomic E-state index is -4.29. The summed E-state index contributed by atoms with van der Waals surface area (Å²) in [6.07, 6.45) is -7.04. The number of nitrogens with one attached hydrogen (secondary N) is 3. The Kier molecular flexibility index (Phi) is 10.4. The third-order valence-corrected chi connectivity index (χ3v) is 8.02. The number of nitrogens with zero attached hydrogens (tertiary/aromatic N) is 2. The topological polar surface area (TPSA) is 109 Å². The summed E-state index contributed by atoms with van der Waals surface area (Å²) < 4.78 is 70.1. The van der Waals surface area contributed by atoms with Crippen LogP contribution in [0.3, 0.4) is 0 Å². The van der Waals surface area contributed by atoms with Gasteiger partial charge in [-0.3, -0.25) is 9.59 Å². The van der Waals surface area contributed by atoms with Crippen LogP contribution in [-0.4, -0.2) is 52.0 Å². The fourth-order valence-electron chi connectivity index (χ4n) is 4.80. The predicted molar refractivity (Wildman–Crippen MR) is 151 cm³/mol. The SMILES string of the molecule is CC(C)C(=O)NCc1ccc(Cl)c(Cc2nc3nc(OCC(F)F)c(C(=O)NC4CCC(C(F)(F)F)CC4)cc3[nH]2)c1Cl. The second kappa shape index (κ2) is 13.6. The molecule has 15 heteroatoms. The Morgan fingerprint density at radius 2 is 1.81 bits per heavy atom. The van der Waals surface area contributed by atoms with Crippen molar-refractivity contribution in [3.8, 4) is 5.88 Å². The molecule has 2 aromatic heterocycles. The fraction of sp³-hybridized carbons (Fsp3) is 0.500. The van der Waals surface area contributed by atoms with E-state index in [0.717, 1.165) is 0 Å². The van der Waals surface area contributed by atoms with Crippen molar-refractivity contribution in [1.29, 1.82) is 0 Å². The van der Waals surface area contributed by atoms with Crippen LogP contribution in [0.2, 0.25) is 10.0 Å². The zero-order chi connectivity index (χ0) is 31.5. The second-order valence-electron chi connectivity index (χ2n) is 10.7. The van der Waals surface area contributed by atoms with Gasteiger partial charge in [0.05, 0.1) is 16.5 Å². The summed E-state index contributed by atoms with van der Waals surface area (Å²) in [5.74, 6) is -2.53. The third-order valence-electron chi connectivity index (χ3n) is 7.19. The average molecular weight is 650 g/mol. The summed E-state index contributed by atoms with van der Waals surface area (Å²) in [5.41, 5.74) is 1.35. The molecule has 0 radical (unpaired) electrons. The number of aromatic amines is 1. The molecule has 3 aromatic rings. The molecule has 0 bridgehead atoms. The first kappa shape index (κ1) is 32.7. The number of hydrogen-bond donors (Lipinski definition) is 3. The number of pyridine rings is 1. The van der Waals surface area contributed by atoms with Crippen LogP contribution in [0, 0.1) is 11.8 Å². The Labute approximate surface area is 254 Å². The maximum atomic E-state index is 13.1. The number of hydrogen-bond acceptors (Lipinski definition) is 5.